The second kappa shape index (κ2) is 10.7. The first-order valence-corrected chi connectivity index (χ1v) is 11.1. The Morgan fingerprint density at radius 2 is 1.72 bits per heavy atom. The highest BCUT2D eigenvalue weighted by molar-refractivity contribution is 8.00. The van der Waals surface area contributed by atoms with E-state index in [0.29, 0.717) is 15.9 Å². The van der Waals surface area contributed by atoms with Gasteiger partial charge in [0.05, 0.1) is 6.54 Å². The van der Waals surface area contributed by atoms with Crippen LogP contribution in [0.3, 0.4) is 0 Å². The number of aromatic nitrogens is 2. The number of amides is 2. The molecule has 2 N–H and O–H groups in total. The standard InChI is InChI=1S/C19H23ClN4O3S2/c1-19(2,3)14(25)10-21-15(26)8-9-16(27)22-17-23-24-18(29-17)28-11-12-4-6-13(20)7-5-12/h4-7H,8-11H2,1-3H3,(H,21,26)(H,22,23,27). The molecular weight excluding hydrogens is 432 g/mol. The third kappa shape index (κ3) is 8.51. The van der Waals surface area contributed by atoms with E-state index < -0.39 is 5.41 Å². The van der Waals surface area contributed by atoms with Gasteiger partial charge in [-0.1, -0.05) is 67.6 Å². The summed E-state index contributed by atoms with van der Waals surface area (Å²) in [6.45, 7) is 5.34. The van der Waals surface area contributed by atoms with Crippen LogP contribution in [0.4, 0.5) is 5.13 Å². The lowest BCUT2D eigenvalue weighted by Crippen LogP contribution is -2.35. The van der Waals surface area contributed by atoms with Crippen LogP contribution >= 0.6 is 34.7 Å². The van der Waals surface area contributed by atoms with Crippen LogP contribution in [0.15, 0.2) is 28.6 Å². The molecule has 0 spiro atoms. The van der Waals surface area contributed by atoms with Crippen molar-refractivity contribution in [3.63, 3.8) is 0 Å². The quantitative estimate of drug-likeness (QED) is 0.439. The number of nitrogens with zero attached hydrogens (tertiary/aromatic N) is 2. The molecule has 2 aromatic rings. The van der Waals surface area contributed by atoms with E-state index in [1.165, 1.54) is 23.1 Å². The molecule has 0 fully saturated rings. The summed E-state index contributed by atoms with van der Waals surface area (Å²) in [5.41, 5.74) is 0.599. The smallest absolute Gasteiger partial charge is 0.226 e. The number of hydrogen-bond donors (Lipinski definition) is 2. The maximum Gasteiger partial charge on any atom is 0.226 e. The molecule has 29 heavy (non-hydrogen) atoms. The van der Waals surface area contributed by atoms with Crippen molar-refractivity contribution in [1.82, 2.24) is 15.5 Å². The van der Waals surface area contributed by atoms with Crippen molar-refractivity contribution in [3.05, 3.63) is 34.9 Å². The van der Waals surface area contributed by atoms with Crippen molar-refractivity contribution in [3.8, 4) is 0 Å². The van der Waals surface area contributed by atoms with Gasteiger partial charge in [-0.3, -0.25) is 14.4 Å². The molecule has 0 bridgehead atoms. The van der Waals surface area contributed by atoms with Gasteiger partial charge in [0.15, 0.2) is 10.1 Å². The number of nitrogens with one attached hydrogen (secondary N) is 2. The summed E-state index contributed by atoms with van der Waals surface area (Å²) in [5, 5.41) is 14.2. The van der Waals surface area contributed by atoms with Gasteiger partial charge in [-0.05, 0) is 17.7 Å². The third-order valence-corrected chi connectivity index (χ3v) is 6.09. The van der Waals surface area contributed by atoms with Crippen LogP contribution in [-0.4, -0.2) is 34.3 Å². The summed E-state index contributed by atoms with van der Waals surface area (Å²) in [7, 11) is 0. The maximum atomic E-state index is 12.0. The van der Waals surface area contributed by atoms with E-state index in [9.17, 15) is 14.4 Å². The normalized spacial score (nSPS) is 11.2. The first kappa shape index (κ1) is 23.3. The SMILES string of the molecule is CC(C)(C)C(=O)CNC(=O)CCC(=O)Nc1nnc(SCc2ccc(Cl)cc2)s1. The molecule has 2 rings (SSSR count). The van der Waals surface area contributed by atoms with Crippen molar-refractivity contribution in [2.24, 2.45) is 5.41 Å². The number of hydrogen-bond acceptors (Lipinski definition) is 7. The number of halogens is 1. The van der Waals surface area contributed by atoms with E-state index in [-0.39, 0.29) is 37.0 Å². The summed E-state index contributed by atoms with van der Waals surface area (Å²) >= 11 is 8.65. The molecule has 1 aromatic carbocycles. The van der Waals surface area contributed by atoms with Crippen molar-refractivity contribution < 1.29 is 14.4 Å². The average Bonchev–Trinajstić information content (AvgIpc) is 3.10. The molecule has 156 valence electrons. The second-order valence-corrected chi connectivity index (χ2v) is 9.92. The monoisotopic (exact) mass is 454 g/mol. The number of benzene rings is 1. The van der Waals surface area contributed by atoms with Gasteiger partial charge in [-0.2, -0.15) is 0 Å². The molecule has 0 aliphatic carbocycles. The lowest BCUT2D eigenvalue weighted by atomic mass is 9.91. The zero-order valence-electron chi connectivity index (χ0n) is 16.5. The molecule has 10 heteroatoms. The Morgan fingerprint density at radius 1 is 1.07 bits per heavy atom. The van der Waals surface area contributed by atoms with E-state index in [1.807, 2.05) is 24.3 Å². The lowest BCUT2D eigenvalue weighted by Gasteiger charge is -2.16. The minimum Gasteiger partial charge on any atom is -0.349 e. The predicted molar refractivity (Wildman–Crippen MR) is 116 cm³/mol. The minimum atomic E-state index is -0.508. The van der Waals surface area contributed by atoms with Gasteiger partial charge >= 0.3 is 0 Å². The van der Waals surface area contributed by atoms with Gasteiger partial charge in [0.2, 0.25) is 16.9 Å². The van der Waals surface area contributed by atoms with Crippen LogP contribution in [0.2, 0.25) is 5.02 Å². The molecule has 0 saturated heterocycles. The number of carbonyl (C=O) groups is 3. The summed E-state index contributed by atoms with van der Waals surface area (Å²) in [6.07, 6.45) is 0.00259. The van der Waals surface area contributed by atoms with E-state index in [4.69, 9.17) is 11.6 Å². The topological polar surface area (TPSA) is 101 Å². The van der Waals surface area contributed by atoms with Crippen LogP contribution in [0, 0.1) is 5.41 Å². The number of thioether (sulfide) groups is 1. The summed E-state index contributed by atoms with van der Waals surface area (Å²) in [6, 6.07) is 7.55. The molecule has 1 heterocycles. The van der Waals surface area contributed by atoms with E-state index in [1.54, 1.807) is 20.8 Å². The molecule has 1 aromatic heterocycles. The van der Waals surface area contributed by atoms with Crippen molar-refractivity contribution in [2.45, 2.75) is 43.7 Å². The van der Waals surface area contributed by atoms with Gasteiger partial charge < -0.3 is 10.6 Å². The van der Waals surface area contributed by atoms with E-state index in [0.717, 1.165) is 9.90 Å². The fraction of sp³-hybridized carbons (Fsp3) is 0.421. The zero-order chi connectivity index (χ0) is 21.4. The van der Waals surface area contributed by atoms with Gasteiger partial charge in [0.25, 0.3) is 0 Å². The first-order chi connectivity index (χ1) is 13.6. The molecule has 0 saturated carbocycles. The van der Waals surface area contributed by atoms with Gasteiger partial charge in [0.1, 0.15) is 0 Å². The average molecular weight is 455 g/mol. The Labute approximate surface area is 183 Å². The van der Waals surface area contributed by atoms with Crippen LogP contribution in [0.5, 0.6) is 0 Å². The second-order valence-electron chi connectivity index (χ2n) is 7.29. The molecular formula is C19H23ClN4O3S2. The number of carbonyl (C=O) groups excluding carboxylic acids is 3. The molecule has 0 atom stereocenters. The first-order valence-electron chi connectivity index (χ1n) is 8.94. The van der Waals surface area contributed by atoms with Crippen molar-refractivity contribution >= 4 is 57.4 Å². The van der Waals surface area contributed by atoms with E-state index >= 15 is 0 Å². The van der Waals surface area contributed by atoms with E-state index in [2.05, 4.69) is 20.8 Å². The molecule has 0 unspecified atom stereocenters. The fourth-order valence-electron chi connectivity index (χ4n) is 1.99. The Hall–Kier alpha value is -1.97. The van der Waals surface area contributed by atoms with Crippen LogP contribution in [0.1, 0.15) is 39.2 Å². The Bertz CT molecular complexity index is 863. The number of anilines is 1. The summed E-state index contributed by atoms with van der Waals surface area (Å²) < 4.78 is 0.730. The lowest BCUT2D eigenvalue weighted by molar-refractivity contribution is -0.129. The van der Waals surface area contributed by atoms with Gasteiger partial charge in [-0.25, -0.2) is 0 Å². The maximum absolute atomic E-state index is 12.0. The molecule has 7 nitrogen and oxygen atoms in total. The molecule has 0 aliphatic rings. The number of rotatable bonds is 9. The molecule has 0 radical (unpaired) electrons. The number of Topliss-reactive ketones (excluding diaryl/α,β-unsaturated/α-hetero) is 1. The third-order valence-electron chi connectivity index (χ3n) is 3.79. The van der Waals surface area contributed by atoms with Crippen LogP contribution in [0.25, 0.3) is 0 Å². The van der Waals surface area contributed by atoms with Crippen molar-refractivity contribution in [1.29, 1.82) is 0 Å². The van der Waals surface area contributed by atoms with Crippen molar-refractivity contribution in [2.75, 3.05) is 11.9 Å². The summed E-state index contributed by atoms with van der Waals surface area (Å²) in [5.74, 6) is -0.0116. The highest BCUT2D eigenvalue weighted by Gasteiger charge is 2.21. The Balaban J connectivity index is 1.70. The van der Waals surface area contributed by atoms with Gasteiger partial charge in [0, 0.05) is 29.0 Å². The zero-order valence-corrected chi connectivity index (χ0v) is 18.8. The predicted octanol–water partition coefficient (Wildman–Crippen LogP) is 3.93. The fourth-order valence-corrected chi connectivity index (χ4v) is 3.84. The highest BCUT2D eigenvalue weighted by atomic mass is 35.5. The minimum absolute atomic E-state index is 0.000232. The Morgan fingerprint density at radius 3 is 2.38 bits per heavy atom. The highest BCUT2D eigenvalue weighted by Crippen LogP contribution is 2.28. The molecule has 2 amide bonds. The summed E-state index contributed by atoms with van der Waals surface area (Å²) in [4.78, 5) is 35.6. The van der Waals surface area contributed by atoms with Crippen LogP contribution in [-0.2, 0) is 20.1 Å². The Kier molecular flexibility index (Phi) is 8.60. The molecule has 0 aliphatic heterocycles. The van der Waals surface area contributed by atoms with Gasteiger partial charge in [-0.15, -0.1) is 10.2 Å². The van der Waals surface area contributed by atoms with Crippen LogP contribution < -0.4 is 10.6 Å². The largest absolute Gasteiger partial charge is 0.349 e. The number of ketones is 1.